The number of hydrogen-bond acceptors (Lipinski definition) is 5. The van der Waals surface area contributed by atoms with Gasteiger partial charge in [0.15, 0.2) is 17.5 Å². The van der Waals surface area contributed by atoms with Gasteiger partial charge in [0.25, 0.3) is 0 Å². The van der Waals surface area contributed by atoms with E-state index in [0.717, 1.165) is 19.2 Å². The Labute approximate surface area is 130 Å². The monoisotopic (exact) mass is 328 g/mol. The van der Waals surface area contributed by atoms with Crippen LogP contribution in [-0.2, 0) is 16.1 Å². The van der Waals surface area contributed by atoms with Crippen molar-refractivity contribution in [3.8, 4) is 0 Å². The summed E-state index contributed by atoms with van der Waals surface area (Å²) in [7, 11) is 2.74. The first kappa shape index (κ1) is 16.9. The third-order valence-electron chi connectivity index (χ3n) is 3.34. The molecule has 0 N–H and O–H groups in total. The number of methoxy groups -OCH3 is 1. The first-order valence-corrected chi connectivity index (χ1v) is 6.69. The second-order valence-corrected chi connectivity index (χ2v) is 4.86. The van der Waals surface area contributed by atoms with Gasteiger partial charge in [0.1, 0.15) is 18.7 Å². The van der Waals surface area contributed by atoms with Crippen LogP contribution in [0.3, 0.4) is 0 Å². The van der Waals surface area contributed by atoms with E-state index in [4.69, 9.17) is 0 Å². The lowest BCUT2D eigenvalue weighted by Crippen LogP contribution is -2.34. The van der Waals surface area contributed by atoms with Crippen LogP contribution in [0.15, 0.2) is 24.8 Å². The normalized spacial score (nSPS) is 12.4. The van der Waals surface area contributed by atoms with Crippen LogP contribution in [0.4, 0.5) is 13.2 Å². The molecule has 0 bridgehead atoms. The van der Waals surface area contributed by atoms with E-state index < -0.39 is 29.5 Å². The van der Waals surface area contributed by atoms with Gasteiger partial charge in [-0.1, -0.05) is 0 Å². The van der Waals surface area contributed by atoms with E-state index >= 15 is 0 Å². The summed E-state index contributed by atoms with van der Waals surface area (Å²) in [5, 5.41) is 3.92. The minimum Gasteiger partial charge on any atom is -0.468 e. The summed E-state index contributed by atoms with van der Waals surface area (Å²) in [6, 6.07) is 0.492. The SMILES string of the molecule is COC(=O)[C@@H](c1cc(F)c(F)c(F)c1)N(C)CCn1cncn1. The third kappa shape index (κ3) is 3.86. The maximum absolute atomic E-state index is 13.4. The zero-order valence-corrected chi connectivity index (χ0v) is 12.5. The molecule has 0 saturated heterocycles. The minimum atomic E-state index is -1.58. The zero-order chi connectivity index (χ0) is 17.0. The predicted molar refractivity (Wildman–Crippen MR) is 73.7 cm³/mol. The topological polar surface area (TPSA) is 60.2 Å². The van der Waals surface area contributed by atoms with Gasteiger partial charge < -0.3 is 4.74 Å². The molecule has 1 aromatic carbocycles. The molecule has 1 aromatic heterocycles. The molecule has 0 saturated carbocycles. The largest absolute Gasteiger partial charge is 0.468 e. The molecule has 0 aliphatic carbocycles. The highest BCUT2D eigenvalue weighted by molar-refractivity contribution is 5.77. The second kappa shape index (κ2) is 7.23. The number of ether oxygens (including phenoxy) is 1. The highest BCUT2D eigenvalue weighted by Crippen LogP contribution is 2.24. The Balaban J connectivity index is 2.24. The number of aromatic nitrogens is 3. The molecule has 124 valence electrons. The summed E-state index contributed by atoms with van der Waals surface area (Å²) in [6.45, 7) is 0.722. The van der Waals surface area contributed by atoms with Crippen molar-refractivity contribution < 1.29 is 22.7 Å². The van der Waals surface area contributed by atoms with Crippen LogP contribution >= 0.6 is 0 Å². The van der Waals surface area contributed by atoms with Crippen molar-refractivity contribution in [3.05, 3.63) is 47.8 Å². The van der Waals surface area contributed by atoms with Gasteiger partial charge in [-0.15, -0.1) is 0 Å². The number of benzene rings is 1. The van der Waals surface area contributed by atoms with Gasteiger partial charge in [-0.25, -0.2) is 22.9 Å². The van der Waals surface area contributed by atoms with Gasteiger partial charge in [0.2, 0.25) is 0 Å². The fraction of sp³-hybridized carbons (Fsp3) is 0.357. The van der Waals surface area contributed by atoms with Gasteiger partial charge in [-0.05, 0) is 24.7 Å². The van der Waals surface area contributed by atoms with E-state index in [2.05, 4.69) is 14.8 Å². The van der Waals surface area contributed by atoms with Crippen molar-refractivity contribution in [3.63, 3.8) is 0 Å². The zero-order valence-electron chi connectivity index (χ0n) is 12.5. The molecular formula is C14H15F3N4O2. The number of hydrogen-bond donors (Lipinski definition) is 0. The molecule has 9 heteroatoms. The molecule has 0 spiro atoms. The fourth-order valence-electron chi connectivity index (χ4n) is 2.15. The maximum atomic E-state index is 13.4. The summed E-state index contributed by atoms with van der Waals surface area (Å²) >= 11 is 0. The van der Waals surface area contributed by atoms with Crippen molar-refractivity contribution in [2.24, 2.45) is 0 Å². The average molecular weight is 328 g/mol. The molecule has 0 aliphatic heterocycles. The van der Waals surface area contributed by atoms with E-state index in [1.807, 2.05) is 0 Å². The number of likely N-dealkylation sites (N-methyl/N-ethyl adjacent to an activating group) is 1. The molecule has 6 nitrogen and oxygen atoms in total. The smallest absolute Gasteiger partial charge is 0.327 e. The molecule has 2 rings (SSSR count). The van der Waals surface area contributed by atoms with Crippen LogP contribution in [0.5, 0.6) is 0 Å². The Kier molecular flexibility index (Phi) is 5.32. The first-order chi connectivity index (χ1) is 10.9. The van der Waals surface area contributed by atoms with Gasteiger partial charge in [0.05, 0.1) is 13.7 Å². The molecular weight excluding hydrogens is 313 g/mol. The molecule has 1 atom stereocenters. The third-order valence-corrected chi connectivity index (χ3v) is 3.34. The highest BCUT2D eigenvalue weighted by Gasteiger charge is 2.28. The Morgan fingerprint density at radius 1 is 1.35 bits per heavy atom. The number of halogens is 3. The molecule has 0 aliphatic rings. The molecule has 0 unspecified atom stereocenters. The van der Waals surface area contributed by atoms with Crippen molar-refractivity contribution in [1.29, 1.82) is 0 Å². The Hall–Kier alpha value is -2.42. The number of carbonyl (C=O) groups is 1. The van der Waals surface area contributed by atoms with Crippen LogP contribution in [-0.4, -0.2) is 46.3 Å². The quantitative estimate of drug-likeness (QED) is 0.595. The van der Waals surface area contributed by atoms with Crippen LogP contribution in [0.25, 0.3) is 0 Å². The van der Waals surface area contributed by atoms with Crippen LogP contribution < -0.4 is 0 Å². The summed E-state index contributed by atoms with van der Waals surface area (Å²) in [5.41, 5.74) is -0.0330. The van der Waals surface area contributed by atoms with E-state index in [1.54, 1.807) is 7.05 Å². The Morgan fingerprint density at radius 3 is 2.52 bits per heavy atom. The van der Waals surface area contributed by atoms with Gasteiger partial charge in [-0.3, -0.25) is 9.58 Å². The summed E-state index contributed by atoms with van der Waals surface area (Å²) in [5.74, 6) is -5.02. The standard InChI is InChI=1S/C14H15F3N4O2/c1-20(3-4-21-8-18-7-19-21)13(14(22)23-2)9-5-10(15)12(17)11(16)6-9/h5-8,13H,3-4H2,1-2H3/t13-/m1/s1. The van der Waals surface area contributed by atoms with E-state index in [0.29, 0.717) is 13.1 Å². The number of carbonyl (C=O) groups excluding carboxylic acids is 1. The summed E-state index contributed by atoms with van der Waals surface area (Å²) in [4.78, 5) is 17.3. The van der Waals surface area contributed by atoms with Crippen molar-refractivity contribution in [1.82, 2.24) is 19.7 Å². The molecule has 2 aromatic rings. The molecule has 0 amide bonds. The van der Waals surface area contributed by atoms with Crippen LogP contribution in [0.1, 0.15) is 11.6 Å². The molecule has 0 fully saturated rings. The van der Waals surface area contributed by atoms with E-state index in [-0.39, 0.29) is 5.56 Å². The molecule has 23 heavy (non-hydrogen) atoms. The first-order valence-electron chi connectivity index (χ1n) is 6.69. The van der Waals surface area contributed by atoms with Gasteiger partial charge in [-0.2, -0.15) is 5.10 Å². The summed E-state index contributed by atoms with van der Waals surface area (Å²) in [6.07, 6.45) is 2.86. The molecule has 1 heterocycles. The lowest BCUT2D eigenvalue weighted by atomic mass is 10.0. The van der Waals surface area contributed by atoms with Crippen molar-refractivity contribution >= 4 is 5.97 Å². The summed E-state index contributed by atoms with van der Waals surface area (Å²) < 4.78 is 46.2. The molecule has 0 radical (unpaired) electrons. The van der Waals surface area contributed by atoms with E-state index in [9.17, 15) is 18.0 Å². The van der Waals surface area contributed by atoms with Crippen molar-refractivity contribution in [2.45, 2.75) is 12.6 Å². The van der Waals surface area contributed by atoms with Crippen molar-refractivity contribution in [2.75, 3.05) is 20.7 Å². The lowest BCUT2D eigenvalue weighted by molar-refractivity contribution is -0.146. The minimum absolute atomic E-state index is 0.0330. The second-order valence-electron chi connectivity index (χ2n) is 4.86. The highest BCUT2D eigenvalue weighted by atomic mass is 19.2. The van der Waals surface area contributed by atoms with Gasteiger partial charge >= 0.3 is 5.97 Å². The van der Waals surface area contributed by atoms with Crippen LogP contribution in [0, 0.1) is 17.5 Å². The average Bonchev–Trinajstić information content (AvgIpc) is 3.04. The maximum Gasteiger partial charge on any atom is 0.327 e. The van der Waals surface area contributed by atoms with Crippen LogP contribution in [0.2, 0.25) is 0 Å². The van der Waals surface area contributed by atoms with E-state index in [1.165, 1.54) is 22.2 Å². The number of nitrogens with zero attached hydrogens (tertiary/aromatic N) is 4. The number of esters is 1. The lowest BCUT2D eigenvalue weighted by Gasteiger charge is -2.26. The Morgan fingerprint density at radius 2 is 2.00 bits per heavy atom. The number of rotatable bonds is 6. The predicted octanol–water partition coefficient (Wildman–Crippen LogP) is 1.54. The Bertz CT molecular complexity index is 656. The fourth-order valence-corrected chi connectivity index (χ4v) is 2.15. The van der Waals surface area contributed by atoms with Gasteiger partial charge in [0, 0.05) is 6.54 Å².